The topological polar surface area (TPSA) is 50.4 Å². The molecule has 1 fully saturated rings. The number of nitrogens with two attached hydrogens (primary N) is 1. The molecular formula is C9H15N3. The molecule has 1 atom stereocenters. The maximum absolute atomic E-state index is 6.12. The molecule has 0 aliphatic carbocycles. The van der Waals surface area contributed by atoms with Gasteiger partial charge >= 0.3 is 0 Å². The van der Waals surface area contributed by atoms with E-state index in [4.69, 9.17) is 5.73 Å². The lowest BCUT2D eigenvalue weighted by Gasteiger charge is -2.33. The molecule has 3 heteroatoms. The lowest BCUT2D eigenvalue weighted by molar-refractivity contribution is 0.270. The van der Waals surface area contributed by atoms with E-state index in [1.54, 1.807) is 0 Å². The number of nitrogens with one attached hydrogen (secondary N) is 1. The summed E-state index contributed by atoms with van der Waals surface area (Å²) in [5.74, 6) is 0.522. The predicted molar refractivity (Wildman–Crippen MR) is 50.1 cm³/mol. The average molecular weight is 165 g/mol. The van der Waals surface area contributed by atoms with Gasteiger partial charge in [0.2, 0.25) is 0 Å². The number of allylic oxidation sites excluding steroid dienone is 1. The van der Waals surface area contributed by atoms with Crippen LogP contribution < -0.4 is 11.1 Å². The van der Waals surface area contributed by atoms with E-state index in [-0.39, 0.29) is 5.66 Å². The molecule has 3 N–H and O–H groups in total. The van der Waals surface area contributed by atoms with E-state index < -0.39 is 0 Å². The summed E-state index contributed by atoms with van der Waals surface area (Å²) in [5.41, 5.74) is 5.73. The molecule has 0 aromatic rings. The Kier molecular flexibility index (Phi) is 1.98. The minimum absolute atomic E-state index is 0.387. The average Bonchev–Trinajstić information content (AvgIpc) is 2.55. The summed E-state index contributed by atoms with van der Waals surface area (Å²) in [4.78, 5) is 4.31. The minimum atomic E-state index is -0.387. The maximum Gasteiger partial charge on any atom is 0.130 e. The molecule has 3 nitrogen and oxygen atoms in total. The fourth-order valence-electron chi connectivity index (χ4n) is 1.94. The maximum atomic E-state index is 6.12. The molecule has 0 aromatic heterocycles. The lowest BCUT2D eigenvalue weighted by atomic mass is 9.86. The molecule has 0 bridgehead atoms. The van der Waals surface area contributed by atoms with Crippen molar-refractivity contribution in [3.05, 3.63) is 12.2 Å². The van der Waals surface area contributed by atoms with E-state index >= 15 is 0 Å². The summed E-state index contributed by atoms with van der Waals surface area (Å²) in [6.07, 6.45) is 8.05. The molecular weight excluding hydrogens is 150 g/mol. The van der Waals surface area contributed by atoms with Crippen LogP contribution in [0.1, 0.15) is 12.8 Å². The van der Waals surface area contributed by atoms with Gasteiger partial charge in [-0.15, -0.1) is 0 Å². The van der Waals surface area contributed by atoms with Crippen LogP contribution in [0.15, 0.2) is 17.1 Å². The van der Waals surface area contributed by atoms with Gasteiger partial charge in [0.25, 0.3) is 0 Å². The third-order valence-corrected chi connectivity index (χ3v) is 2.74. The predicted octanol–water partition coefficient (Wildman–Crippen LogP) is 0.282. The molecule has 2 heterocycles. The van der Waals surface area contributed by atoms with Crippen LogP contribution in [0, 0.1) is 5.92 Å². The van der Waals surface area contributed by atoms with Crippen molar-refractivity contribution < 1.29 is 0 Å². The fraction of sp³-hybridized carbons (Fsp3) is 0.667. The van der Waals surface area contributed by atoms with Gasteiger partial charge in [0.05, 0.1) is 0 Å². The van der Waals surface area contributed by atoms with Gasteiger partial charge in [-0.1, -0.05) is 0 Å². The zero-order chi connectivity index (χ0) is 8.44. The van der Waals surface area contributed by atoms with Crippen molar-refractivity contribution in [3.63, 3.8) is 0 Å². The number of nitrogens with zero attached hydrogens (tertiary/aromatic N) is 1. The number of hydrogen-bond donors (Lipinski definition) is 2. The Morgan fingerprint density at radius 2 is 2.17 bits per heavy atom. The largest absolute Gasteiger partial charge is 0.317 e. The lowest BCUT2D eigenvalue weighted by Crippen LogP contribution is -2.47. The van der Waals surface area contributed by atoms with Gasteiger partial charge in [-0.05, 0) is 38.1 Å². The number of piperidine rings is 1. The van der Waals surface area contributed by atoms with Gasteiger partial charge in [-0.2, -0.15) is 0 Å². The first-order chi connectivity index (χ1) is 5.81. The second-order valence-electron chi connectivity index (χ2n) is 3.55. The molecule has 0 spiro atoms. The first-order valence-electron chi connectivity index (χ1n) is 4.54. The smallest absolute Gasteiger partial charge is 0.130 e. The normalized spacial score (nSPS) is 36.1. The molecule has 1 saturated heterocycles. The summed E-state index contributed by atoms with van der Waals surface area (Å²) in [7, 11) is 0. The van der Waals surface area contributed by atoms with Crippen LogP contribution in [0.2, 0.25) is 0 Å². The fourth-order valence-corrected chi connectivity index (χ4v) is 1.94. The third-order valence-electron chi connectivity index (χ3n) is 2.74. The Morgan fingerprint density at radius 1 is 1.42 bits per heavy atom. The Morgan fingerprint density at radius 3 is 2.75 bits per heavy atom. The minimum Gasteiger partial charge on any atom is -0.317 e. The highest BCUT2D eigenvalue weighted by Crippen LogP contribution is 2.27. The van der Waals surface area contributed by atoms with E-state index in [0.717, 1.165) is 25.9 Å². The van der Waals surface area contributed by atoms with Crippen molar-refractivity contribution in [3.8, 4) is 0 Å². The van der Waals surface area contributed by atoms with Crippen LogP contribution in [0.3, 0.4) is 0 Å². The van der Waals surface area contributed by atoms with Crippen LogP contribution >= 0.6 is 0 Å². The van der Waals surface area contributed by atoms with Crippen molar-refractivity contribution in [2.24, 2.45) is 16.6 Å². The highest BCUT2D eigenvalue weighted by Gasteiger charge is 2.33. The van der Waals surface area contributed by atoms with E-state index in [2.05, 4.69) is 10.3 Å². The van der Waals surface area contributed by atoms with Crippen molar-refractivity contribution in [2.75, 3.05) is 13.1 Å². The number of hydrogen-bond acceptors (Lipinski definition) is 3. The Bertz CT molecular complexity index is 202. The standard InChI is InChI=1S/C9H15N3/c10-9(4-1-5-12-9)8-2-6-11-7-3-8/h1,4-5,8,11H,2-3,6-7,10H2. The number of rotatable bonds is 1. The van der Waals surface area contributed by atoms with Gasteiger partial charge in [0, 0.05) is 12.1 Å². The van der Waals surface area contributed by atoms with Crippen molar-refractivity contribution in [1.29, 1.82) is 0 Å². The summed E-state index contributed by atoms with van der Waals surface area (Å²) in [6, 6.07) is 0. The highest BCUT2D eigenvalue weighted by atomic mass is 15.0. The Balaban J connectivity index is 2.06. The molecule has 2 rings (SSSR count). The molecule has 0 aromatic carbocycles. The molecule has 2 aliphatic heterocycles. The van der Waals surface area contributed by atoms with Crippen LogP contribution in [-0.4, -0.2) is 25.0 Å². The molecule has 66 valence electrons. The van der Waals surface area contributed by atoms with E-state index in [1.165, 1.54) is 0 Å². The van der Waals surface area contributed by atoms with Gasteiger partial charge in [-0.3, -0.25) is 4.99 Å². The second kappa shape index (κ2) is 2.99. The van der Waals surface area contributed by atoms with Crippen LogP contribution in [0.4, 0.5) is 0 Å². The van der Waals surface area contributed by atoms with Gasteiger partial charge < -0.3 is 11.1 Å². The first kappa shape index (κ1) is 7.95. The highest BCUT2D eigenvalue weighted by molar-refractivity contribution is 5.75. The molecule has 0 amide bonds. The van der Waals surface area contributed by atoms with Crippen molar-refractivity contribution in [1.82, 2.24) is 5.32 Å². The molecule has 12 heavy (non-hydrogen) atoms. The Hall–Kier alpha value is -0.670. The first-order valence-corrected chi connectivity index (χ1v) is 4.54. The zero-order valence-electron chi connectivity index (χ0n) is 7.16. The summed E-state index contributed by atoms with van der Waals surface area (Å²) in [6.45, 7) is 2.15. The van der Waals surface area contributed by atoms with Gasteiger partial charge in [-0.25, -0.2) is 0 Å². The Labute approximate surface area is 72.7 Å². The van der Waals surface area contributed by atoms with Gasteiger partial charge in [0.1, 0.15) is 5.66 Å². The van der Waals surface area contributed by atoms with Crippen LogP contribution in [-0.2, 0) is 0 Å². The molecule has 2 aliphatic rings. The zero-order valence-corrected chi connectivity index (χ0v) is 7.16. The molecule has 0 saturated carbocycles. The van der Waals surface area contributed by atoms with E-state index in [0.29, 0.717) is 5.92 Å². The molecule has 0 radical (unpaired) electrons. The summed E-state index contributed by atoms with van der Waals surface area (Å²) < 4.78 is 0. The second-order valence-corrected chi connectivity index (χ2v) is 3.55. The van der Waals surface area contributed by atoms with E-state index in [1.807, 2.05) is 18.4 Å². The quantitative estimate of drug-likeness (QED) is 0.586. The van der Waals surface area contributed by atoms with Crippen LogP contribution in [0.25, 0.3) is 0 Å². The summed E-state index contributed by atoms with van der Waals surface area (Å²) in [5, 5.41) is 3.32. The molecule has 1 unspecified atom stereocenters. The third kappa shape index (κ3) is 1.30. The van der Waals surface area contributed by atoms with Crippen LogP contribution in [0.5, 0.6) is 0 Å². The number of aliphatic imine (C=N–C) groups is 1. The monoisotopic (exact) mass is 165 g/mol. The SMILES string of the molecule is NC1(C2CCNCC2)C=CC=N1. The van der Waals surface area contributed by atoms with Crippen molar-refractivity contribution in [2.45, 2.75) is 18.5 Å². The van der Waals surface area contributed by atoms with Gasteiger partial charge in [0.15, 0.2) is 0 Å². The van der Waals surface area contributed by atoms with E-state index in [9.17, 15) is 0 Å². The summed E-state index contributed by atoms with van der Waals surface area (Å²) >= 11 is 0. The van der Waals surface area contributed by atoms with Crippen molar-refractivity contribution >= 4 is 6.21 Å².